The van der Waals surface area contributed by atoms with Crippen molar-refractivity contribution >= 4 is 29.8 Å². The normalized spacial score (nSPS) is 15.9. The fourth-order valence-corrected chi connectivity index (χ4v) is 4.70. The number of nitrogens with zero attached hydrogens (tertiary/aromatic N) is 1. The van der Waals surface area contributed by atoms with Crippen molar-refractivity contribution in [1.82, 2.24) is 20.9 Å². The number of hydrogen-bond donors (Lipinski definition) is 4. The first-order chi connectivity index (χ1) is 17.8. The van der Waals surface area contributed by atoms with Gasteiger partial charge in [-0.1, -0.05) is 48.5 Å². The van der Waals surface area contributed by atoms with Gasteiger partial charge in [-0.15, -0.1) is 0 Å². The van der Waals surface area contributed by atoms with Crippen LogP contribution in [0.25, 0.3) is 11.1 Å². The maximum absolute atomic E-state index is 12.9. The number of rotatable bonds is 9. The number of carboxylic acid groups (broad SMARTS) is 1. The van der Waals surface area contributed by atoms with Crippen molar-refractivity contribution in [2.24, 2.45) is 0 Å². The Kier molecular flexibility index (Phi) is 8.02. The standard InChI is InChI=1S/C26H28N4O7/c31-22(28-14-24(33)34)12-27-23(32)13-29-25(35)21-10-5-11-30(21)26(36)37-15-20-18-8-3-1-6-16(18)17-7-2-4-9-19(17)20/h1-4,6-9,20-21H,5,10-15H2,(H,27,32)(H,28,31)(H,29,35)(H,33,34)/t21-/m0/s1. The number of amides is 4. The molecule has 194 valence electrons. The SMILES string of the molecule is O=C(O)CNC(=O)CNC(=O)CNC(=O)[C@@H]1CCCN1C(=O)OCC1c2ccccc2-c2ccccc21. The summed E-state index contributed by atoms with van der Waals surface area (Å²) in [6.45, 7) is -0.856. The maximum Gasteiger partial charge on any atom is 0.410 e. The van der Waals surface area contributed by atoms with Crippen LogP contribution in [0.4, 0.5) is 4.79 Å². The van der Waals surface area contributed by atoms with E-state index in [1.54, 1.807) is 0 Å². The highest BCUT2D eigenvalue weighted by atomic mass is 16.6. The van der Waals surface area contributed by atoms with Crippen molar-refractivity contribution in [3.05, 3.63) is 59.7 Å². The number of carbonyl (C=O) groups excluding carboxylic acids is 4. The fraction of sp³-hybridized carbons (Fsp3) is 0.346. The van der Waals surface area contributed by atoms with Crippen LogP contribution in [0.5, 0.6) is 0 Å². The van der Waals surface area contributed by atoms with Gasteiger partial charge in [0.05, 0.1) is 13.1 Å². The molecule has 1 aliphatic heterocycles. The van der Waals surface area contributed by atoms with Crippen molar-refractivity contribution in [3.8, 4) is 11.1 Å². The van der Waals surface area contributed by atoms with Crippen LogP contribution in [-0.2, 0) is 23.9 Å². The number of hydrogen-bond acceptors (Lipinski definition) is 6. The van der Waals surface area contributed by atoms with Gasteiger partial charge in [0.1, 0.15) is 19.2 Å². The third-order valence-electron chi connectivity index (χ3n) is 6.43. The molecule has 1 heterocycles. The lowest BCUT2D eigenvalue weighted by Gasteiger charge is -2.24. The van der Waals surface area contributed by atoms with Gasteiger partial charge in [0, 0.05) is 12.5 Å². The molecule has 2 aromatic carbocycles. The lowest BCUT2D eigenvalue weighted by molar-refractivity contribution is -0.137. The summed E-state index contributed by atoms with van der Waals surface area (Å²) in [4.78, 5) is 60.8. The number of carboxylic acids is 1. The quantitative estimate of drug-likeness (QED) is 0.391. The minimum atomic E-state index is -1.20. The Bertz CT molecular complexity index is 1170. The van der Waals surface area contributed by atoms with Crippen molar-refractivity contribution in [3.63, 3.8) is 0 Å². The molecule has 1 saturated heterocycles. The van der Waals surface area contributed by atoms with E-state index in [1.165, 1.54) is 4.90 Å². The Morgan fingerprint density at radius 1 is 0.838 bits per heavy atom. The molecule has 2 aromatic rings. The van der Waals surface area contributed by atoms with E-state index >= 15 is 0 Å². The fourth-order valence-electron chi connectivity index (χ4n) is 4.70. The van der Waals surface area contributed by atoms with Crippen LogP contribution < -0.4 is 16.0 Å². The zero-order valence-corrected chi connectivity index (χ0v) is 20.1. The van der Waals surface area contributed by atoms with Crippen LogP contribution in [0.3, 0.4) is 0 Å². The van der Waals surface area contributed by atoms with Crippen molar-refractivity contribution < 1.29 is 33.8 Å². The van der Waals surface area contributed by atoms with Gasteiger partial charge in [-0.3, -0.25) is 24.1 Å². The van der Waals surface area contributed by atoms with Crippen LogP contribution in [0.15, 0.2) is 48.5 Å². The van der Waals surface area contributed by atoms with E-state index in [0.29, 0.717) is 19.4 Å². The van der Waals surface area contributed by atoms with Gasteiger partial charge >= 0.3 is 12.1 Å². The molecular weight excluding hydrogens is 480 g/mol. The van der Waals surface area contributed by atoms with Gasteiger partial charge in [0.2, 0.25) is 17.7 Å². The number of carbonyl (C=O) groups is 5. The molecule has 0 radical (unpaired) electrons. The third kappa shape index (κ3) is 6.05. The van der Waals surface area contributed by atoms with E-state index in [0.717, 1.165) is 22.3 Å². The molecule has 4 rings (SSSR count). The number of likely N-dealkylation sites (tertiary alicyclic amines) is 1. The van der Waals surface area contributed by atoms with Gasteiger partial charge in [-0.2, -0.15) is 0 Å². The van der Waals surface area contributed by atoms with Crippen molar-refractivity contribution in [2.45, 2.75) is 24.8 Å². The van der Waals surface area contributed by atoms with E-state index in [-0.39, 0.29) is 19.1 Å². The van der Waals surface area contributed by atoms with Gasteiger partial charge < -0.3 is 25.8 Å². The second kappa shape index (κ2) is 11.5. The number of ether oxygens (including phenoxy) is 1. The van der Waals surface area contributed by atoms with Crippen LogP contribution in [0.1, 0.15) is 29.9 Å². The zero-order chi connectivity index (χ0) is 26.4. The molecule has 0 unspecified atom stereocenters. The molecule has 0 saturated carbocycles. The second-order valence-corrected chi connectivity index (χ2v) is 8.82. The van der Waals surface area contributed by atoms with Crippen LogP contribution in [0, 0.1) is 0 Å². The number of nitrogens with one attached hydrogen (secondary N) is 3. The van der Waals surface area contributed by atoms with Gasteiger partial charge in [-0.05, 0) is 35.1 Å². The van der Waals surface area contributed by atoms with E-state index in [2.05, 4.69) is 28.1 Å². The highest BCUT2D eigenvalue weighted by molar-refractivity contribution is 5.91. The predicted octanol–water partition coefficient (Wildman–Crippen LogP) is 0.833. The summed E-state index contributed by atoms with van der Waals surface area (Å²) in [5.41, 5.74) is 4.43. The van der Waals surface area contributed by atoms with Gasteiger partial charge in [0.15, 0.2) is 0 Å². The Morgan fingerprint density at radius 2 is 1.41 bits per heavy atom. The minimum absolute atomic E-state index is 0.0948. The molecule has 4 amide bonds. The molecule has 2 aliphatic rings. The van der Waals surface area contributed by atoms with Gasteiger partial charge in [-0.25, -0.2) is 4.79 Å². The summed E-state index contributed by atoms with van der Waals surface area (Å²) in [7, 11) is 0. The first-order valence-electron chi connectivity index (χ1n) is 12.0. The monoisotopic (exact) mass is 508 g/mol. The zero-order valence-electron chi connectivity index (χ0n) is 20.1. The molecule has 4 N–H and O–H groups in total. The van der Waals surface area contributed by atoms with Crippen molar-refractivity contribution in [1.29, 1.82) is 0 Å². The topological polar surface area (TPSA) is 154 Å². The molecule has 0 spiro atoms. The predicted molar refractivity (Wildman–Crippen MR) is 131 cm³/mol. The molecule has 11 nitrogen and oxygen atoms in total. The minimum Gasteiger partial charge on any atom is -0.480 e. The van der Waals surface area contributed by atoms with Gasteiger partial charge in [0.25, 0.3) is 0 Å². The largest absolute Gasteiger partial charge is 0.480 e. The average molecular weight is 509 g/mol. The first-order valence-corrected chi connectivity index (χ1v) is 12.0. The smallest absolute Gasteiger partial charge is 0.410 e. The van der Waals surface area contributed by atoms with E-state index in [4.69, 9.17) is 9.84 Å². The van der Waals surface area contributed by atoms with Crippen molar-refractivity contribution in [2.75, 3.05) is 32.8 Å². The number of fused-ring (bicyclic) bond motifs is 3. The summed E-state index contributed by atoms with van der Waals surface area (Å²) in [5.74, 6) is -3.08. The lowest BCUT2D eigenvalue weighted by atomic mass is 9.98. The molecule has 0 aromatic heterocycles. The molecular formula is C26H28N4O7. The van der Waals surface area contributed by atoms with E-state index in [1.807, 2.05) is 36.4 Å². The average Bonchev–Trinajstić information content (AvgIpc) is 3.51. The molecule has 0 bridgehead atoms. The molecule has 1 aliphatic carbocycles. The summed E-state index contributed by atoms with van der Waals surface area (Å²) in [6.07, 6.45) is 0.479. The number of benzene rings is 2. The van der Waals surface area contributed by atoms with E-state index < -0.39 is 48.9 Å². The Morgan fingerprint density at radius 3 is 2.03 bits per heavy atom. The second-order valence-electron chi connectivity index (χ2n) is 8.82. The first kappa shape index (κ1) is 25.7. The summed E-state index contributed by atoms with van der Waals surface area (Å²) in [5, 5.41) is 15.4. The molecule has 37 heavy (non-hydrogen) atoms. The summed E-state index contributed by atoms with van der Waals surface area (Å²) < 4.78 is 5.68. The Balaban J connectivity index is 1.27. The molecule has 1 fully saturated rings. The van der Waals surface area contributed by atoms with Crippen LogP contribution in [-0.4, -0.2) is 78.6 Å². The highest BCUT2D eigenvalue weighted by Crippen LogP contribution is 2.44. The Labute approximate surface area is 213 Å². The van der Waals surface area contributed by atoms with E-state index in [9.17, 15) is 24.0 Å². The summed E-state index contributed by atoms with van der Waals surface area (Å²) in [6, 6.07) is 15.3. The Hall–Kier alpha value is -4.41. The van der Waals surface area contributed by atoms with Crippen LogP contribution in [0.2, 0.25) is 0 Å². The lowest BCUT2D eigenvalue weighted by Crippen LogP contribution is -2.49. The number of aliphatic carboxylic acids is 1. The van der Waals surface area contributed by atoms with Crippen LogP contribution >= 0.6 is 0 Å². The summed E-state index contributed by atoms with van der Waals surface area (Å²) >= 11 is 0. The maximum atomic E-state index is 12.9. The molecule has 1 atom stereocenters. The molecule has 11 heteroatoms. The highest BCUT2D eigenvalue weighted by Gasteiger charge is 2.36. The third-order valence-corrected chi connectivity index (χ3v) is 6.43.